The summed E-state index contributed by atoms with van der Waals surface area (Å²) >= 11 is 0. The summed E-state index contributed by atoms with van der Waals surface area (Å²) in [5.74, 6) is 0.385. The number of aliphatic hydroxyl groups is 1. The van der Waals surface area contributed by atoms with E-state index < -0.39 is 20.2 Å². The van der Waals surface area contributed by atoms with Gasteiger partial charge in [0.15, 0.2) is 23.1 Å². The molecule has 3 aromatic rings. The Morgan fingerprint density at radius 3 is 2.36 bits per heavy atom. The van der Waals surface area contributed by atoms with E-state index in [1.165, 1.54) is 19.5 Å². The normalized spacial score (nSPS) is 17.1. The van der Waals surface area contributed by atoms with Crippen LogP contribution in [0.5, 0.6) is 23.1 Å². The van der Waals surface area contributed by atoms with Crippen LogP contribution in [0.2, 0.25) is 0 Å². The summed E-state index contributed by atoms with van der Waals surface area (Å²) in [5, 5.41) is 9.45. The van der Waals surface area contributed by atoms with E-state index in [1.807, 2.05) is 32.9 Å². The van der Waals surface area contributed by atoms with E-state index in [1.54, 1.807) is 42.5 Å². The van der Waals surface area contributed by atoms with Gasteiger partial charge in [0.05, 0.1) is 13.7 Å². The van der Waals surface area contributed by atoms with Crippen LogP contribution < -0.4 is 18.9 Å². The first-order chi connectivity index (χ1) is 18.6. The first-order valence-electron chi connectivity index (χ1n) is 12.2. The summed E-state index contributed by atoms with van der Waals surface area (Å²) in [6.07, 6.45) is 10.3. The van der Waals surface area contributed by atoms with E-state index in [9.17, 15) is 13.5 Å². The van der Waals surface area contributed by atoms with Crippen LogP contribution in [0.1, 0.15) is 27.2 Å². The molecule has 12 heteroatoms. The fourth-order valence-corrected chi connectivity index (χ4v) is 6.09. The number of aromatic nitrogens is 4. The summed E-state index contributed by atoms with van der Waals surface area (Å²) in [4.78, 5) is 17.3. The van der Waals surface area contributed by atoms with Gasteiger partial charge in [-0.15, -0.1) is 0 Å². The summed E-state index contributed by atoms with van der Waals surface area (Å²) in [6, 6.07) is 8.46. The molecule has 1 atom stereocenters. The molecule has 0 saturated heterocycles. The Kier molecular flexibility index (Phi) is 8.17. The van der Waals surface area contributed by atoms with Crippen molar-refractivity contribution in [2.75, 3.05) is 25.0 Å². The van der Waals surface area contributed by atoms with Crippen molar-refractivity contribution in [2.45, 2.75) is 31.9 Å². The molecule has 39 heavy (non-hydrogen) atoms. The largest absolute Gasteiger partial charge is 0.493 e. The number of methoxy groups -OCH3 is 1. The third kappa shape index (κ3) is 5.71. The van der Waals surface area contributed by atoms with Gasteiger partial charge in [-0.3, -0.25) is 4.72 Å². The standard InChI is InChI=1S/C27H31N5O6S/c1-26(2,3)27(13-8-5-9-14-27)39(34,35)32-22-21(38-20-12-7-6-11-19(20)36-4)25(37-18-17-33)31-24(30-22)23-28-15-10-16-29-23/h5-13,15-16,33H,14,17-18H2,1-4H3,(H,30,31,32). The quantitative estimate of drug-likeness (QED) is 0.375. The van der Waals surface area contributed by atoms with Crippen molar-refractivity contribution in [1.29, 1.82) is 0 Å². The second-order valence-electron chi connectivity index (χ2n) is 9.66. The van der Waals surface area contributed by atoms with Crippen molar-refractivity contribution in [3.05, 3.63) is 67.0 Å². The van der Waals surface area contributed by atoms with Gasteiger partial charge < -0.3 is 19.3 Å². The molecule has 0 spiro atoms. The highest BCUT2D eigenvalue weighted by Crippen LogP contribution is 2.46. The van der Waals surface area contributed by atoms with Crippen LogP contribution in [0, 0.1) is 5.41 Å². The zero-order chi connectivity index (χ0) is 28.1. The molecule has 0 saturated carbocycles. The van der Waals surface area contributed by atoms with Gasteiger partial charge in [-0.25, -0.2) is 23.4 Å². The third-order valence-corrected chi connectivity index (χ3v) is 8.56. The minimum Gasteiger partial charge on any atom is -0.493 e. The summed E-state index contributed by atoms with van der Waals surface area (Å²) < 4.78 is 47.0. The number of hydrogen-bond acceptors (Lipinski definition) is 10. The lowest BCUT2D eigenvalue weighted by Crippen LogP contribution is -2.51. The number of hydrogen-bond donors (Lipinski definition) is 2. The van der Waals surface area contributed by atoms with Gasteiger partial charge >= 0.3 is 0 Å². The molecular weight excluding hydrogens is 522 g/mol. The highest BCUT2D eigenvalue weighted by Gasteiger charge is 2.51. The molecule has 206 valence electrons. The molecule has 1 aromatic carbocycles. The topological polar surface area (TPSA) is 146 Å². The van der Waals surface area contributed by atoms with E-state index in [0.717, 1.165) is 0 Å². The fourth-order valence-electron chi connectivity index (χ4n) is 4.14. The van der Waals surface area contributed by atoms with Gasteiger partial charge in [-0.2, -0.15) is 4.98 Å². The molecule has 0 aliphatic heterocycles. The Labute approximate surface area is 227 Å². The van der Waals surface area contributed by atoms with Crippen LogP contribution in [0.15, 0.2) is 67.0 Å². The number of nitrogens with one attached hydrogen (secondary N) is 1. The van der Waals surface area contributed by atoms with Crippen molar-refractivity contribution < 1.29 is 27.7 Å². The third-order valence-electron chi connectivity index (χ3n) is 6.23. The summed E-state index contributed by atoms with van der Waals surface area (Å²) in [6.45, 7) is 5.13. The number of aliphatic hydroxyl groups excluding tert-OH is 1. The van der Waals surface area contributed by atoms with Crippen LogP contribution in [-0.4, -0.2) is 58.5 Å². The summed E-state index contributed by atoms with van der Waals surface area (Å²) in [5.41, 5.74) is -0.696. The van der Waals surface area contributed by atoms with Crippen molar-refractivity contribution in [3.63, 3.8) is 0 Å². The van der Waals surface area contributed by atoms with Crippen LogP contribution in [0.3, 0.4) is 0 Å². The van der Waals surface area contributed by atoms with Crippen LogP contribution in [0.4, 0.5) is 5.82 Å². The lowest BCUT2D eigenvalue weighted by atomic mass is 9.76. The smallest absolute Gasteiger partial charge is 0.263 e. The predicted molar refractivity (Wildman–Crippen MR) is 146 cm³/mol. The number of allylic oxidation sites excluding steroid dienone is 3. The van der Waals surface area contributed by atoms with Crippen molar-refractivity contribution in [2.24, 2.45) is 5.41 Å². The molecule has 1 aliphatic rings. The maximum Gasteiger partial charge on any atom is 0.263 e. The Hall–Kier alpha value is -4.03. The minimum absolute atomic E-state index is 0.00231. The zero-order valence-corrected chi connectivity index (χ0v) is 23.0. The van der Waals surface area contributed by atoms with Crippen molar-refractivity contribution >= 4 is 15.8 Å². The molecule has 2 heterocycles. The van der Waals surface area contributed by atoms with Crippen molar-refractivity contribution in [1.82, 2.24) is 19.9 Å². The van der Waals surface area contributed by atoms with Crippen LogP contribution >= 0.6 is 0 Å². The van der Waals surface area contributed by atoms with Crippen LogP contribution in [-0.2, 0) is 10.0 Å². The average Bonchev–Trinajstić information content (AvgIpc) is 2.93. The van der Waals surface area contributed by atoms with E-state index in [0.29, 0.717) is 5.75 Å². The number of ether oxygens (including phenoxy) is 3. The fraction of sp³-hybridized carbons (Fsp3) is 0.333. The highest BCUT2D eigenvalue weighted by atomic mass is 32.2. The molecule has 1 aliphatic carbocycles. The molecule has 4 rings (SSSR count). The molecule has 0 amide bonds. The maximum absolute atomic E-state index is 14.2. The van der Waals surface area contributed by atoms with Gasteiger partial charge in [-0.05, 0) is 30.0 Å². The second-order valence-corrected chi connectivity index (χ2v) is 11.6. The van der Waals surface area contributed by atoms with Gasteiger partial charge in [-0.1, -0.05) is 57.2 Å². The number of benzene rings is 1. The minimum atomic E-state index is -4.16. The molecule has 11 nitrogen and oxygen atoms in total. The number of sulfonamides is 1. The molecule has 2 N–H and O–H groups in total. The van der Waals surface area contributed by atoms with Crippen LogP contribution in [0.25, 0.3) is 11.6 Å². The molecule has 0 radical (unpaired) electrons. The predicted octanol–water partition coefficient (Wildman–Crippen LogP) is 4.15. The van der Waals surface area contributed by atoms with Gasteiger partial charge in [0, 0.05) is 12.4 Å². The maximum atomic E-state index is 14.2. The number of anilines is 1. The lowest BCUT2D eigenvalue weighted by molar-refractivity contribution is 0.192. The van der Waals surface area contributed by atoms with E-state index in [2.05, 4.69) is 24.7 Å². The zero-order valence-electron chi connectivity index (χ0n) is 22.2. The molecule has 2 aromatic heterocycles. The van der Waals surface area contributed by atoms with Crippen molar-refractivity contribution in [3.8, 4) is 34.8 Å². The Morgan fingerprint density at radius 2 is 1.74 bits per heavy atom. The monoisotopic (exact) mass is 553 g/mol. The highest BCUT2D eigenvalue weighted by molar-refractivity contribution is 7.94. The second kappa shape index (κ2) is 11.4. The van der Waals surface area contributed by atoms with E-state index in [4.69, 9.17) is 14.2 Å². The first kappa shape index (κ1) is 28.0. The summed E-state index contributed by atoms with van der Waals surface area (Å²) in [7, 11) is -2.67. The SMILES string of the molecule is COc1ccccc1Oc1c(NS(=O)(=O)C2(C(C)(C)C)C=CC=CC2)nc(-c2ncccn2)nc1OCCO. The number of rotatable bonds is 10. The van der Waals surface area contributed by atoms with Gasteiger partial charge in [0.2, 0.25) is 21.6 Å². The molecule has 1 unspecified atom stereocenters. The Morgan fingerprint density at radius 1 is 1.03 bits per heavy atom. The Bertz CT molecular complexity index is 1470. The first-order valence-corrected chi connectivity index (χ1v) is 13.7. The number of nitrogens with zero attached hydrogens (tertiary/aromatic N) is 4. The molecule has 0 bridgehead atoms. The molecule has 0 fully saturated rings. The Balaban J connectivity index is 1.92. The average molecular weight is 554 g/mol. The lowest BCUT2D eigenvalue weighted by Gasteiger charge is -2.42. The molecular formula is C27H31N5O6S. The van der Waals surface area contributed by atoms with Gasteiger partial charge in [0.1, 0.15) is 11.4 Å². The number of para-hydroxylation sites is 2. The van der Waals surface area contributed by atoms with Gasteiger partial charge in [0.25, 0.3) is 5.88 Å². The van der Waals surface area contributed by atoms with E-state index in [-0.39, 0.29) is 54.5 Å². The van der Waals surface area contributed by atoms with E-state index >= 15 is 0 Å².